The summed E-state index contributed by atoms with van der Waals surface area (Å²) in [5.41, 5.74) is 12.2. The summed E-state index contributed by atoms with van der Waals surface area (Å²) in [6, 6.07) is 7.40. The molecule has 0 saturated heterocycles. The summed E-state index contributed by atoms with van der Waals surface area (Å²) in [7, 11) is 0. The quantitative estimate of drug-likeness (QED) is 0.672. The van der Waals surface area contributed by atoms with E-state index in [2.05, 4.69) is 5.32 Å². The van der Waals surface area contributed by atoms with Gasteiger partial charge in [-0.05, 0) is 29.8 Å². The summed E-state index contributed by atoms with van der Waals surface area (Å²) < 4.78 is 0. The van der Waals surface area contributed by atoms with Gasteiger partial charge in [-0.1, -0.05) is 23.7 Å². The third-order valence-electron chi connectivity index (χ3n) is 2.35. The molecule has 1 atom stereocenters. The average molecular weight is 222 g/mol. The number of rotatable bonds is 1. The van der Waals surface area contributed by atoms with Gasteiger partial charge in [0.2, 0.25) is 0 Å². The van der Waals surface area contributed by atoms with E-state index in [0.29, 0.717) is 10.8 Å². The maximum atomic E-state index is 6.19. The Morgan fingerprint density at radius 3 is 2.47 bits per heavy atom. The molecule has 0 fully saturated rings. The minimum Gasteiger partial charge on any atom is -0.385 e. The van der Waals surface area contributed by atoms with Gasteiger partial charge in [0, 0.05) is 11.2 Å². The lowest BCUT2D eigenvalue weighted by atomic mass is 9.89. The van der Waals surface area contributed by atoms with Crippen LogP contribution in [0.3, 0.4) is 0 Å². The first-order valence-corrected chi connectivity index (χ1v) is 4.95. The first kappa shape index (κ1) is 10.1. The van der Waals surface area contributed by atoms with Crippen molar-refractivity contribution < 1.29 is 0 Å². The number of nitrogens with two attached hydrogens (primary N) is 2. The highest BCUT2D eigenvalue weighted by atomic mass is 35.5. The van der Waals surface area contributed by atoms with Crippen molar-refractivity contribution in [2.24, 2.45) is 11.5 Å². The van der Waals surface area contributed by atoms with Crippen molar-refractivity contribution in [2.45, 2.75) is 5.54 Å². The molecule has 0 bridgehead atoms. The fourth-order valence-electron chi connectivity index (χ4n) is 1.54. The minimum absolute atomic E-state index is 0.551. The summed E-state index contributed by atoms with van der Waals surface area (Å²) in [5, 5.41) is 3.56. The molecule has 3 nitrogen and oxygen atoms in total. The third kappa shape index (κ3) is 1.98. The fourth-order valence-corrected chi connectivity index (χ4v) is 1.67. The summed E-state index contributed by atoms with van der Waals surface area (Å²) in [6.07, 6.45) is 5.37. The molecule has 0 aromatic heterocycles. The lowest BCUT2D eigenvalue weighted by Gasteiger charge is -2.26. The van der Waals surface area contributed by atoms with Gasteiger partial charge in [0.25, 0.3) is 0 Å². The van der Waals surface area contributed by atoms with Crippen LogP contribution in [0.5, 0.6) is 0 Å². The van der Waals surface area contributed by atoms with Gasteiger partial charge in [-0.2, -0.15) is 0 Å². The van der Waals surface area contributed by atoms with E-state index in [9.17, 15) is 0 Å². The minimum atomic E-state index is -0.653. The van der Waals surface area contributed by atoms with E-state index in [4.69, 9.17) is 23.1 Å². The SMILES string of the molecule is NC1=CC(N)(c2ccc(Cl)cc2)C=CN1. The van der Waals surface area contributed by atoms with E-state index in [1.165, 1.54) is 0 Å². The lowest BCUT2D eigenvalue weighted by Crippen LogP contribution is -2.37. The molecule has 4 heteroatoms. The highest BCUT2D eigenvalue weighted by Crippen LogP contribution is 2.25. The Balaban J connectivity index is 2.41. The molecule has 1 aromatic carbocycles. The highest BCUT2D eigenvalue weighted by molar-refractivity contribution is 6.30. The zero-order valence-corrected chi connectivity index (χ0v) is 8.83. The van der Waals surface area contributed by atoms with E-state index in [1.807, 2.05) is 30.3 Å². The molecule has 1 unspecified atom stereocenters. The molecule has 1 aromatic rings. The first-order chi connectivity index (χ1) is 7.10. The Kier molecular flexibility index (Phi) is 2.42. The van der Waals surface area contributed by atoms with Crippen molar-refractivity contribution in [1.29, 1.82) is 0 Å². The van der Waals surface area contributed by atoms with Crippen LogP contribution in [-0.4, -0.2) is 0 Å². The number of nitrogens with one attached hydrogen (secondary N) is 1. The molecule has 0 amide bonds. The van der Waals surface area contributed by atoms with Crippen molar-refractivity contribution in [3.05, 3.63) is 59.0 Å². The molecule has 78 valence electrons. The van der Waals surface area contributed by atoms with Gasteiger partial charge >= 0.3 is 0 Å². The number of dihydropyridines is 1. The van der Waals surface area contributed by atoms with Gasteiger partial charge < -0.3 is 16.8 Å². The van der Waals surface area contributed by atoms with Crippen LogP contribution in [0.15, 0.2) is 48.4 Å². The van der Waals surface area contributed by atoms with Crippen LogP contribution in [0, 0.1) is 0 Å². The Morgan fingerprint density at radius 1 is 1.20 bits per heavy atom. The largest absolute Gasteiger partial charge is 0.385 e. The van der Waals surface area contributed by atoms with Crippen molar-refractivity contribution in [2.75, 3.05) is 0 Å². The lowest BCUT2D eigenvalue weighted by molar-refractivity contribution is 0.675. The third-order valence-corrected chi connectivity index (χ3v) is 2.60. The van der Waals surface area contributed by atoms with E-state index < -0.39 is 5.54 Å². The zero-order valence-electron chi connectivity index (χ0n) is 8.07. The van der Waals surface area contributed by atoms with E-state index in [1.54, 1.807) is 12.3 Å². The van der Waals surface area contributed by atoms with Gasteiger partial charge in [0.1, 0.15) is 0 Å². The molecule has 0 spiro atoms. The fraction of sp³-hybridized carbons (Fsp3) is 0.0909. The van der Waals surface area contributed by atoms with Crippen LogP contribution < -0.4 is 16.8 Å². The Bertz CT molecular complexity index is 422. The molecule has 5 N–H and O–H groups in total. The van der Waals surface area contributed by atoms with Gasteiger partial charge in [0.05, 0.1) is 11.4 Å². The van der Waals surface area contributed by atoms with Crippen molar-refractivity contribution >= 4 is 11.6 Å². The first-order valence-electron chi connectivity index (χ1n) is 4.58. The van der Waals surface area contributed by atoms with E-state index in [0.717, 1.165) is 5.56 Å². The van der Waals surface area contributed by atoms with Crippen LogP contribution in [-0.2, 0) is 5.54 Å². The standard InChI is InChI=1S/C11H12ClN3/c12-9-3-1-8(2-4-9)11(14)5-6-15-10(13)7-11/h1-7,15H,13-14H2. The molecule has 0 aliphatic carbocycles. The van der Waals surface area contributed by atoms with Crippen LogP contribution in [0.4, 0.5) is 0 Å². The molecule has 1 aliphatic rings. The van der Waals surface area contributed by atoms with E-state index in [-0.39, 0.29) is 0 Å². The number of hydrogen-bond acceptors (Lipinski definition) is 3. The van der Waals surface area contributed by atoms with Crippen molar-refractivity contribution in [3.63, 3.8) is 0 Å². The van der Waals surface area contributed by atoms with Gasteiger partial charge in [-0.15, -0.1) is 0 Å². The van der Waals surface area contributed by atoms with Crippen LogP contribution in [0.25, 0.3) is 0 Å². The van der Waals surface area contributed by atoms with Crippen molar-refractivity contribution in [3.8, 4) is 0 Å². The van der Waals surface area contributed by atoms with Gasteiger partial charge in [-0.25, -0.2) is 0 Å². The second-order valence-corrected chi connectivity index (χ2v) is 3.95. The zero-order chi connectivity index (χ0) is 10.9. The monoisotopic (exact) mass is 221 g/mol. The topological polar surface area (TPSA) is 64.1 Å². The van der Waals surface area contributed by atoms with Crippen molar-refractivity contribution in [1.82, 2.24) is 5.32 Å². The predicted octanol–water partition coefficient (Wildman–Crippen LogP) is 1.41. The predicted molar refractivity (Wildman–Crippen MR) is 61.9 cm³/mol. The number of benzene rings is 1. The molecular formula is C11H12ClN3. The summed E-state index contributed by atoms with van der Waals surface area (Å²) in [5.74, 6) is 0.551. The van der Waals surface area contributed by atoms with Crippen LogP contribution in [0.2, 0.25) is 5.02 Å². The van der Waals surface area contributed by atoms with E-state index >= 15 is 0 Å². The Morgan fingerprint density at radius 2 is 1.87 bits per heavy atom. The molecule has 1 aliphatic heterocycles. The van der Waals surface area contributed by atoms with Crippen LogP contribution in [0.1, 0.15) is 5.56 Å². The van der Waals surface area contributed by atoms with Gasteiger partial charge in [-0.3, -0.25) is 0 Å². The molecule has 2 rings (SSSR count). The Hall–Kier alpha value is -1.45. The molecular weight excluding hydrogens is 210 g/mol. The Labute approximate surface area is 93.4 Å². The second-order valence-electron chi connectivity index (χ2n) is 3.52. The van der Waals surface area contributed by atoms with Crippen LogP contribution >= 0.6 is 11.6 Å². The number of hydrogen-bond donors (Lipinski definition) is 3. The molecule has 0 saturated carbocycles. The summed E-state index contributed by atoms with van der Waals surface area (Å²) >= 11 is 5.81. The van der Waals surface area contributed by atoms with Gasteiger partial charge in [0.15, 0.2) is 0 Å². The maximum Gasteiger partial charge on any atom is 0.0984 e. The second kappa shape index (κ2) is 3.61. The molecule has 0 radical (unpaired) electrons. The smallest absolute Gasteiger partial charge is 0.0984 e. The highest BCUT2D eigenvalue weighted by Gasteiger charge is 2.23. The number of halogens is 1. The summed E-state index contributed by atoms with van der Waals surface area (Å²) in [6.45, 7) is 0. The molecule has 1 heterocycles. The summed E-state index contributed by atoms with van der Waals surface area (Å²) in [4.78, 5) is 0. The molecule has 15 heavy (non-hydrogen) atoms. The maximum absolute atomic E-state index is 6.19. The normalized spacial score (nSPS) is 24.5. The average Bonchev–Trinajstić information content (AvgIpc) is 2.18.